The third-order valence-electron chi connectivity index (χ3n) is 2.71. The SMILES string of the molecule is NC1(C(=O)O)C=CC(c2ccccc2)C=C1. The maximum atomic E-state index is 10.9. The predicted octanol–water partition coefficient (Wildman–Crippen LogP) is 1.68. The van der Waals surface area contributed by atoms with Crippen molar-refractivity contribution in [1.29, 1.82) is 0 Å². The Bertz CT molecular complexity index is 434. The Labute approximate surface area is 93.9 Å². The van der Waals surface area contributed by atoms with Crippen LogP contribution in [-0.2, 0) is 4.79 Å². The minimum atomic E-state index is -1.36. The molecule has 3 N–H and O–H groups in total. The molecule has 82 valence electrons. The predicted molar refractivity (Wildman–Crippen MR) is 62.0 cm³/mol. The van der Waals surface area contributed by atoms with Gasteiger partial charge in [0.2, 0.25) is 0 Å². The van der Waals surface area contributed by atoms with E-state index in [0.717, 1.165) is 5.56 Å². The maximum Gasteiger partial charge on any atom is 0.331 e. The van der Waals surface area contributed by atoms with Gasteiger partial charge in [0.1, 0.15) is 0 Å². The molecular weight excluding hydrogens is 202 g/mol. The van der Waals surface area contributed by atoms with Gasteiger partial charge in [0.25, 0.3) is 0 Å². The van der Waals surface area contributed by atoms with Gasteiger partial charge < -0.3 is 10.8 Å². The molecule has 0 amide bonds. The molecule has 0 saturated carbocycles. The molecule has 3 heteroatoms. The van der Waals surface area contributed by atoms with Gasteiger partial charge in [0, 0.05) is 5.92 Å². The summed E-state index contributed by atoms with van der Waals surface area (Å²) in [5.74, 6) is -0.927. The van der Waals surface area contributed by atoms with E-state index >= 15 is 0 Å². The van der Waals surface area contributed by atoms with E-state index in [1.54, 1.807) is 0 Å². The van der Waals surface area contributed by atoms with Crippen molar-refractivity contribution in [2.45, 2.75) is 11.5 Å². The second-order valence-corrected chi connectivity index (χ2v) is 3.89. The molecule has 0 fully saturated rings. The Kier molecular flexibility index (Phi) is 2.62. The van der Waals surface area contributed by atoms with Crippen LogP contribution in [0.25, 0.3) is 0 Å². The molecule has 0 atom stereocenters. The van der Waals surface area contributed by atoms with Gasteiger partial charge in [-0.3, -0.25) is 0 Å². The number of hydrogen-bond donors (Lipinski definition) is 2. The van der Waals surface area contributed by atoms with E-state index in [0.29, 0.717) is 0 Å². The third-order valence-corrected chi connectivity index (χ3v) is 2.71. The molecule has 1 aromatic rings. The lowest BCUT2D eigenvalue weighted by Crippen LogP contribution is -2.45. The maximum absolute atomic E-state index is 10.9. The van der Waals surface area contributed by atoms with Gasteiger partial charge >= 0.3 is 5.97 Å². The van der Waals surface area contributed by atoms with Crippen molar-refractivity contribution in [3.8, 4) is 0 Å². The second-order valence-electron chi connectivity index (χ2n) is 3.89. The number of carboxylic acid groups (broad SMARTS) is 1. The van der Waals surface area contributed by atoms with Crippen LogP contribution < -0.4 is 5.73 Å². The molecule has 1 aliphatic rings. The van der Waals surface area contributed by atoms with Gasteiger partial charge in [0.05, 0.1) is 0 Å². The minimum Gasteiger partial charge on any atom is -0.479 e. The number of hydrogen-bond acceptors (Lipinski definition) is 2. The fraction of sp³-hybridized carbons (Fsp3) is 0.154. The zero-order chi connectivity index (χ0) is 11.6. The molecule has 0 bridgehead atoms. The highest BCUT2D eigenvalue weighted by molar-refractivity contribution is 5.84. The zero-order valence-corrected chi connectivity index (χ0v) is 8.71. The molecule has 0 radical (unpaired) electrons. The molecule has 16 heavy (non-hydrogen) atoms. The number of carboxylic acids is 1. The van der Waals surface area contributed by atoms with Crippen LogP contribution in [0.5, 0.6) is 0 Å². The largest absolute Gasteiger partial charge is 0.479 e. The number of nitrogens with two attached hydrogens (primary N) is 1. The normalized spacial score (nSPS) is 27.9. The molecular formula is C13H13NO2. The minimum absolute atomic E-state index is 0.109. The van der Waals surface area contributed by atoms with Gasteiger partial charge in [-0.15, -0.1) is 0 Å². The first-order chi connectivity index (χ1) is 7.62. The van der Waals surface area contributed by atoms with Gasteiger partial charge in [-0.2, -0.15) is 0 Å². The van der Waals surface area contributed by atoms with Crippen LogP contribution in [0.15, 0.2) is 54.6 Å². The van der Waals surface area contributed by atoms with Crippen LogP contribution in [0.4, 0.5) is 0 Å². The Hall–Kier alpha value is -1.87. The first kappa shape index (κ1) is 10.6. The summed E-state index contributed by atoms with van der Waals surface area (Å²) in [5.41, 5.74) is 5.44. The average Bonchev–Trinajstić information content (AvgIpc) is 2.31. The Morgan fingerprint density at radius 1 is 1.19 bits per heavy atom. The molecule has 3 nitrogen and oxygen atoms in total. The second kappa shape index (κ2) is 3.94. The molecule has 0 unspecified atom stereocenters. The lowest BCUT2D eigenvalue weighted by molar-refractivity contribution is -0.139. The van der Waals surface area contributed by atoms with Crippen LogP contribution in [0, 0.1) is 0 Å². The van der Waals surface area contributed by atoms with Crippen molar-refractivity contribution >= 4 is 5.97 Å². The van der Waals surface area contributed by atoms with E-state index < -0.39 is 11.5 Å². The fourth-order valence-corrected chi connectivity index (χ4v) is 1.69. The fourth-order valence-electron chi connectivity index (χ4n) is 1.69. The Balaban J connectivity index is 2.22. The summed E-state index contributed by atoms with van der Waals surface area (Å²) in [5, 5.41) is 8.93. The smallest absolute Gasteiger partial charge is 0.331 e. The van der Waals surface area contributed by atoms with Crippen LogP contribution in [0.3, 0.4) is 0 Å². The van der Waals surface area contributed by atoms with Gasteiger partial charge in [0.15, 0.2) is 5.54 Å². The summed E-state index contributed by atoms with van der Waals surface area (Å²) in [4.78, 5) is 10.9. The number of benzene rings is 1. The first-order valence-electron chi connectivity index (χ1n) is 5.08. The van der Waals surface area contributed by atoms with E-state index in [9.17, 15) is 4.79 Å². The highest BCUT2D eigenvalue weighted by atomic mass is 16.4. The van der Waals surface area contributed by atoms with Crippen LogP contribution in [-0.4, -0.2) is 16.6 Å². The summed E-state index contributed by atoms with van der Waals surface area (Å²) in [6.45, 7) is 0. The van der Waals surface area contributed by atoms with Crippen molar-refractivity contribution in [3.63, 3.8) is 0 Å². The van der Waals surface area contributed by atoms with Crippen molar-refractivity contribution < 1.29 is 9.90 Å². The first-order valence-corrected chi connectivity index (χ1v) is 5.08. The molecule has 1 aromatic carbocycles. The summed E-state index contributed by atoms with van der Waals surface area (Å²) < 4.78 is 0. The number of allylic oxidation sites excluding steroid dienone is 2. The quantitative estimate of drug-likeness (QED) is 0.738. The van der Waals surface area contributed by atoms with Crippen molar-refractivity contribution in [3.05, 3.63) is 60.2 Å². The van der Waals surface area contributed by atoms with Crippen LogP contribution >= 0.6 is 0 Å². The van der Waals surface area contributed by atoms with Crippen molar-refractivity contribution in [1.82, 2.24) is 0 Å². The molecule has 0 aliphatic heterocycles. The summed E-state index contributed by atoms with van der Waals surface area (Å²) in [6.07, 6.45) is 6.72. The highest BCUT2D eigenvalue weighted by Crippen LogP contribution is 2.25. The molecule has 0 saturated heterocycles. The van der Waals surface area contributed by atoms with Crippen molar-refractivity contribution in [2.24, 2.45) is 5.73 Å². The van der Waals surface area contributed by atoms with Gasteiger partial charge in [-0.1, -0.05) is 54.6 Å². The highest BCUT2D eigenvalue weighted by Gasteiger charge is 2.30. The van der Waals surface area contributed by atoms with E-state index in [2.05, 4.69) is 0 Å². The average molecular weight is 215 g/mol. The lowest BCUT2D eigenvalue weighted by Gasteiger charge is -2.22. The third kappa shape index (κ3) is 1.90. The standard InChI is InChI=1S/C13H13NO2/c14-13(12(15)16)8-6-11(7-9-13)10-4-2-1-3-5-10/h1-9,11H,14H2,(H,15,16). The lowest BCUT2D eigenvalue weighted by atomic mass is 9.87. The molecule has 0 aromatic heterocycles. The van der Waals surface area contributed by atoms with E-state index in [4.69, 9.17) is 10.8 Å². The number of aliphatic carboxylic acids is 1. The molecule has 0 spiro atoms. The summed E-state index contributed by atoms with van der Waals surface area (Å²) in [6, 6.07) is 9.87. The Morgan fingerprint density at radius 3 is 2.25 bits per heavy atom. The van der Waals surface area contributed by atoms with Crippen LogP contribution in [0.1, 0.15) is 11.5 Å². The zero-order valence-electron chi connectivity index (χ0n) is 8.71. The number of rotatable bonds is 2. The monoisotopic (exact) mass is 215 g/mol. The van der Waals surface area contributed by atoms with Crippen LogP contribution in [0.2, 0.25) is 0 Å². The van der Waals surface area contributed by atoms with Gasteiger partial charge in [-0.05, 0) is 5.56 Å². The topological polar surface area (TPSA) is 63.3 Å². The van der Waals surface area contributed by atoms with E-state index in [1.165, 1.54) is 12.2 Å². The van der Waals surface area contributed by atoms with Gasteiger partial charge in [-0.25, -0.2) is 4.79 Å². The van der Waals surface area contributed by atoms with Crippen molar-refractivity contribution in [2.75, 3.05) is 0 Å². The van der Waals surface area contributed by atoms with E-state index in [-0.39, 0.29) is 5.92 Å². The Morgan fingerprint density at radius 2 is 1.75 bits per heavy atom. The summed E-state index contributed by atoms with van der Waals surface area (Å²) >= 11 is 0. The number of carbonyl (C=O) groups is 1. The molecule has 0 heterocycles. The molecule has 1 aliphatic carbocycles. The van der Waals surface area contributed by atoms with E-state index in [1.807, 2.05) is 42.5 Å². The molecule has 2 rings (SSSR count). The summed E-state index contributed by atoms with van der Waals surface area (Å²) in [7, 11) is 0.